The average molecular weight is 527 g/mol. The summed E-state index contributed by atoms with van der Waals surface area (Å²) in [6.07, 6.45) is -1.12. The number of hydrogen-bond acceptors (Lipinski definition) is 4. The Morgan fingerprint density at radius 2 is 1.29 bits per heavy atom. The fourth-order valence-corrected chi connectivity index (χ4v) is 4.84. The van der Waals surface area contributed by atoms with Gasteiger partial charge in [-0.05, 0) is 89.8 Å². The second-order valence-electron chi connectivity index (χ2n) is 10.6. The van der Waals surface area contributed by atoms with Crippen molar-refractivity contribution in [1.29, 1.82) is 0 Å². The van der Waals surface area contributed by atoms with Crippen LogP contribution in [0.15, 0.2) is 42.5 Å². The minimum absolute atomic E-state index is 0.355. The molecule has 0 N–H and O–H groups in total. The predicted molar refractivity (Wildman–Crippen MR) is 137 cm³/mol. The highest BCUT2D eigenvalue weighted by molar-refractivity contribution is 6.52. The monoisotopic (exact) mass is 525 g/mol. The number of carbonyl (C=O) groups is 2. The summed E-state index contributed by atoms with van der Waals surface area (Å²) in [4.78, 5) is 27.0. The summed E-state index contributed by atoms with van der Waals surface area (Å²) in [5.41, 5.74) is 0.600. The summed E-state index contributed by atoms with van der Waals surface area (Å²) in [6, 6.07) is 12.8. The van der Waals surface area contributed by atoms with E-state index < -0.39 is 33.1 Å². The first-order chi connectivity index (χ1) is 15.5. The summed E-state index contributed by atoms with van der Waals surface area (Å²) in [5, 5.41) is 0.617. The maximum atomic E-state index is 13.0. The molecule has 8 heteroatoms. The number of alkyl halides is 2. The van der Waals surface area contributed by atoms with Crippen LogP contribution in [0.5, 0.6) is 0 Å². The van der Waals surface area contributed by atoms with E-state index in [2.05, 4.69) is 0 Å². The summed E-state index contributed by atoms with van der Waals surface area (Å²) in [6.45, 7) is 12.2. The Labute approximate surface area is 216 Å². The van der Waals surface area contributed by atoms with E-state index in [0.717, 1.165) is 16.0 Å². The van der Waals surface area contributed by atoms with Crippen molar-refractivity contribution < 1.29 is 19.1 Å². The SMILES string of the molecule is Cc1cc(C2(c3ccc(Cl)cc3)CC2(Cl)Cl)ccc1N(C(=O)OC(C)(C)C)C(=O)OC(C)(C)C. The molecule has 3 rings (SSSR count). The summed E-state index contributed by atoms with van der Waals surface area (Å²) in [7, 11) is 0. The van der Waals surface area contributed by atoms with Gasteiger partial charge in [0.1, 0.15) is 15.5 Å². The quantitative estimate of drug-likeness (QED) is 0.378. The molecule has 1 unspecified atom stereocenters. The number of halogens is 3. The molecular formula is C26H30Cl3NO4. The number of hydrogen-bond donors (Lipinski definition) is 0. The van der Waals surface area contributed by atoms with Gasteiger partial charge in [0.05, 0.1) is 11.1 Å². The van der Waals surface area contributed by atoms with Crippen LogP contribution in [0.1, 0.15) is 64.7 Å². The second kappa shape index (κ2) is 8.92. The van der Waals surface area contributed by atoms with Crippen molar-refractivity contribution in [3.05, 3.63) is 64.2 Å². The van der Waals surface area contributed by atoms with Crippen LogP contribution >= 0.6 is 34.8 Å². The van der Waals surface area contributed by atoms with E-state index in [-0.39, 0.29) is 0 Å². The number of nitrogens with zero attached hydrogens (tertiary/aromatic N) is 1. The molecule has 1 atom stereocenters. The number of imide groups is 1. The van der Waals surface area contributed by atoms with E-state index in [9.17, 15) is 9.59 Å². The topological polar surface area (TPSA) is 55.8 Å². The normalized spacial score (nSPS) is 19.4. The molecule has 0 aromatic heterocycles. The largest absolute Gasteiger partial charge is 0.443 e. The predicted octanol–water partition coefficient (Wildman–Crippen LogP) is 8.19. The molecule has 0 aliphatic heterocycles. The third-order valence-electron chi connectivity index (χ3n) is 5.41. The van der Waals surface area contributed by atoms with Crippen LogP contribution in [0.2, 0.25) is 5.02 Å². The van der Waals surface area contributed by atoms with Crippen LogP contribution in [0.4, 0.5) is 15.3 Å². The van der Waals surface area contributed by atoms with Crippen LogP contribution in [0.3, 0.4) is 0 Å². The van der Waals surface area contributed by atoms with E-state index in [1.165, 1.54) is 0 Å². The lowest BCUT2D eigenvalue weighted by Crippen LogP contribution is -2.44. The number of aryl methyl sites for hydroxylation is 1. The minimum atomic E-state index is -0.995. The molecule has 1 aliphatic rings. The van der Waals surface area contributed by atoms with E-state index in [1.54, 1.807) is 59.7 Å². The fraction of sp³-hybridized carbons (Fsp3) is 0.462. The Morgan fingerprint density at radius 3 is 1.68 bits per heavy atom. The van der Waals surface area contributed by atoms with Crippen molar-refractivity contribution in [3.8, 4) is 0 Å². The van der Waals surface area contributed by atoms with Crippen LogP contribution in [0, 0.1) is 6.92 Å². The van der Waals surface area contributed by atoms with Gasteiger partial charge in [-0.1, -0.05) is 35.9 Å². The van der Waals surface area contributed by atoms with Crippen LogP contribution in [0.25, 0.3) is 0 Å². The number of benzene rings is 2. The smallest absolute Gasteiger partial charge is 0.424 e. The van der Waals surface area contributed by atoms with E-state index in [4.69, 9.17) is 44.3 Å². The molecule has 0 spiro atoms. The number of anilines is 1. The Balaban J connectivity index is 2.05. The van der Waals surface area contributed by atoms with Crippen LogP contribution in [-0.2, 0) is 14.9 Å². The number of carbonyl (C=O) groups excluding carboxylic acids is 2. The minimum Gasteiger partial charge on any atom is -0.443 e. The molecule has 1 fully saturated rings. The van der Waals surface area contributed by atoms with Crippen molar-refractivity contribution in [2.75, 3.05) is 4.90 Å². The molecule has 0 saturated heterocycles. The maximum Gasteiger partial charge on any atom is 0.424 e. The fourth-order valence-electron chi connectivity index (χ4n) is 3.87. The lowest BCUT2D eigenvalue weighted by molar-refractivity contribution is 0.0430. The van der Waals surface area contributed by atoms with Crippen molar-refractivity contribution >= 4 is 52.7 Å². The molecule has 184 valence electrons. The zero-order valence-electron chi connectivity index (χ0n) is 20.5. The lowest BCUT2D eigenvalue weighted by atomic mass is 9.87. The second-order valence-corrected chi connectivity index (χ2v) is 12.5. The standard InChI is InChI=1S/C26H30Cl3NO4/c1-16-14-18(25(15-26(25,28)29)17-8-11-19(27)12-9-17)10-13-20(16)30(21(31)33-23(2,3)4)22(32)34-24(5,6)7/h8-14H,15H2,1-7H3. The molecule has 1 aliphatic carbocycles. The van der Waals surface area contributed by atoms with Gasteiger partial charge in [0.2, 0.25) is 0 Å². The number of amides is 2. The van der Waals surface area contributed by atoms with Crippen molar-refractivity contribution in [2.24, 2.45) is 0 Å². The Bertz CT molecular complexity index is 1070. The van der Waals surface area contributed by atoms with Gasteiger partial charge >= 0.3 is 12.2 Å². The van der Waals surface area contributed by atoms with E-state index >= 15 is 0 Å². The van der Waals surface area contributed by atoms with E-state index in [1.807, 2.05) is 31.2 Å². The Hall–Kier alpha value is -1.95. The van der Waals surface area contributed by atoms with Gasteiger partial charge in [0.25, 0.3) is 0 Å². The summed E-state index contributed by atoms with van der Waals surface area (Å²) in [5.74, 6) is 0. The average Bonchev–Trinajstić information content (AvgIpc) is 3.24. The van der Waals surface area contributed by atoms with Crippen molar-refractivity contribution in [1.82, 2.24) is 0 Å². The van der Waals surface area contributed by atoms with Gasteiger partial charge in [-0.15, -0.1) is 23.2 Å². The molecular weight excluding hydrogens is 497 g/mol. The van der Waals surface area contributed by atoms with Gasteiger partial charge in [-0.2, -0.15) is 4.90 Å². The number of rotatable bonds is 3. The molecule has 5 nitrogen and oxygen atoms in total. The summed E-state index contributed by atoms with van der Waals surface area (Å²) < 4.78 is 10.0. The van der Waals surface area contributed by atoms with Gasteiger partial charge in [0, 0.05) is 5.02 Å². The molecule has 0 bridgehead atoms. The third-order valence-corrected chi connectivity index (χ3v) is 6.57. The molecule has 0 heterocycles. The zero-order valence-corrected chi connectivity index (χ0v) is 22.7. The first-order valence-corrected chi connectivity index (χ1v) is 12.1. The Kier molecular flexibility index (Phi) is 7.00. The lowest BCUT2D eigenvalue weighted by Gasteiger charge is -2.30. The third kappa shape index (κ3) is 5.48. The highest BCUT2D eigenvalue weighted by Gasteiger charge is 2.68. The molecule has 2 amide bonds. The van der Waals surface area contributed by atoms with Gasteiger partial charge in [0.15, 0.2) is 0 Å². The highest BCUT2D eigenvalue weighted by Crippen LogP contribution is 2.68. The first-order valence-electron chi connectivity index (χ1n) is 11.0. The maximum absolute atomic E-state index is 13.0. The summed E-state index contributed by atoms with van der Waals surface area (Å²) >= 11 is 19.4. The zero-order chi connectivity index (χ0) is 25.7. The van der Waals surface area contributed by atoms with Gasteiger partial charge in [-0.3, -0.25) is 0 Å². The molecule has 2 aromatic carbocycles. The van der Waals surface area contributed by atoms with Crippen molar-refractivity contribution in [2.45, 2.75) is 75.8 Å². The Morgan fingerprint density at radius 1 is 0.853 bits per heavy atom. The molecule has 0 radical (unpaired) electrons. The van der Waals surface area contributed by atoms with E-state index in [0.29, 0.717) is 22.7 Å². The van der Waals surface area contributed by atoms with Crippen LogP contribution in [-0.4, -0.2) is 27.7 Å². The number of ether oxygens (including phenoxy) is 2. The highest BCUT2D eigenvalue weighted by atomic mass is 35.5. The van der Waals surface area contributed by atoms with Crippen LogP contribution < -0.4 is 4.90 Å². The van der Waals surface area contributed by atoms with Gasteiger partial charge in [-0.25, -0.2) is 9.59 Å². The van der Waals surface area contributed by atoms with Crippen molar-refractivity contribution in [3.63, 3.8) is 0 Å². The first kappa shape index (κ1) is 26.7. The molecule has 2 aromatic rings. The van der Waals surface area contributed by atoms with Gasteiger partial charge < -0.3 is 9.47 Å². The molecule has 1 saturated carbocycles. The molecule has 34 heavy (non-hydrogen) atoms.